The summed E-state index contributed by atoms with van der Waals surface area (Å²) < 4.78 is 6.61. The van der Waals surface area contributed by atoms with Gasteiger partial charge in [-0.3, -0.25) is 0 Å². The molecule has 0 aliphatic carbocycles. The molecule has 240 valence electrons. The lowest BCUT2D eigenvalue weighted by Gasteiger charge is -2.26. The van der Waals surface area contributed by atoms with Gasteiger partial charge in [0.1, 0.15) is 11.2 Å². The zero-order chi connectivity index (χ0) is 33.6. The van der Waals surface area contributed by atoms with Gasteiger partial charge in [0.25, 0.3) is 0 Å². The van der Waals surface area contributed by atoms with Gasteiger partial charge in [0.05, 0.1) is 0 Å². The number of nitrogens with zero attached hydrogens (tertiary/aromatic N) is 2. The summed E-state index contributed by atoms with van der Waals surface area (Å²) in [6.07, 6.45) is 1.02. The molecule has 0 amide bonds. The van der Waals surface area contributed by atoms with Crippen molar-refractivity contribution in [2.45, 2.75) is 18.2 Å². The van der Waals surface area contributed by atoms with Crippen molar-refractivity contribution in [3.05, 3.63) is 175 Å². The quantitative estimate of drug-likeness (QED) is 0.171. The first-order chi connectivity index (χ1) is 24.6. The van der Waals surface area contributed by atoms with E-state index in [0.29, 0.717) is 0 Å². The van der Waals surface area contributed by atoms with Gasteiger partial charge in [-0.1, -0.05) is 67.6 Å². The van der Waals surface area contributed by atoms with Crippen LogP contribution in [-0.4, -0.2) is 0 Å². The molecule has 0 bridgehead atoms. The van der Waals surface area contributed by atoms with Crippen molar-refractivity contribution in [1.29, 1.82) is 0 Å². The molecule has 0 atom stereocenters. The van der Waals surface area contributed by atoms with Crippen molar-refractivity contribution in [1.82, 2.24) is 0 Å². The van der Waals surface area contributed by atoms with E-state index in [1.54, 1.807) is 0 Å². The molecule has 9 rings (SSSR count). The van der Waals surface area contributed by atoms with Gasteiger partial charge in [-0.25, -0.2) is 0 Å². The van der Waals surface area contributed by atoms with Crippen LogP contribution in [0.3, 0.4) is 0 Å². The average molecular weight is 663 g/mol. The van der Waals surface area contributed by atoms with E-state index in [4.69, 9.17) is 4.42 Å². The van der Waals surface area contributed by atoms with E-state index in [2.05, 4.69) is 181 Å². The molecule has 0 N–H and O–H groups in total. The fourth-order valence-corrected chi connectivity index (χ4v) is 7.19. The molecule has 0 aliphatic heterocycles. The van der Waals surface area contributed by atoms with Crippen molar-refractivity contribution in [3.8, 4) is 0 Å². The Balaban J connectivity index is 1.14. The van der Waals surface area contributed by atoms with E-state index in [0.717, 1.165) is 78.2 Å². The summed E-state index contributed by atoms with van der Waals surface area (Å²) >= 11 is 4.52. The molecular weight excluding hydrogens is 629 g/mol. The van der Waals surface area contributed by atoms with Crippen LogP contribution in [0, 0.1) is 0 Å². The number of hydrogen-bond acceptors (Lipinski definition) is 4. The summed E-state index contributed by atoms with van der Waals surface area (Å²) in [5.74, 6) is 0. The second-order valence-corrected chi connectivity index (χ2v) is 13.3. The Morgan fingerprint density at radius 1 is 0.420 bits per heavy atom. The van der Waals surface area contributed by atoms with Gasteiger partial charge in [0.2, 0.25) is 0 Å². The molecule has 1 aromatic heterocycles. The fourth-order valence-electron chi connectivity index (χ4n) is 7.05. The Morgan fingerprint density at radius 3 is 1.30 bits per heavy atom. The average Bonchev–Trinajstić information content (AvgIpc) is 3.50. The van der Waals surface area contributed by atoms with Crippen LogP contribution in [0.15, 0.2) is 179 Å². The number of para-hydroxylation sites is 2. The van der Waals surface area contributed by atoms with E-state index in [1.165, 1.54) is 16.3 Å². The van der Waals surface area contributed by atoms with E-state index in [1.807, 2.05) is 18.2 Å². The van der Waals surface area contributed by atoms with Gasteiger partial charge in [-0.2, -0.15) is 0 Å². The number of furan rings is 1. The van der Waals surface area contributed by atoms with Crippen molar-refractivity contribution >= 4 is 90.2 Å². The van der Waals surface area contributed by atoms with Crippen molar-refractivity contribution < 1.29 is 4.42 Å². The minimum Gasteiger partial charge on any atom is -0.456 e. The predicted octanol–water partition coefficient (Wildman–Crippen LogP) is 13.7. The molecule has 50 heavy (non-hydrogen) atoms. The number of anilines is 6. The third kappa shape index (κ3) is 5.44. The number of rotatable bonds is 7. The third-order valence-electron chi connectivity index (χ3n) is 9.61. The van der Waals surface area contributed by atoms with Gasteiger partial charge in [0, 0.05) is 49.8 Å². The highest BCUT2D eigenvalue weighted by Gasteiger charge is 2.17. The van der Waals surface area contributed by atoms with Gasteiger partial charge in [-0.15, -0.1) is 12.6 Å². The molecule has 0 spiro atoms. The van der Waals surface area contributed by atoms with Gasteiger partial charge in [0.15, 0.2) is 0 Å². The molecule has 0 radical (unpaired) electrons. The van der Waals surface area contributed by atoms with Gasteiger partial charge in [-0.05, 0) is 143 Å². The predicted molar refractivity (Wildman–Crippen MR) is 215 cm³/mol. The van der Waals surface area contributed by atoms with Crippen LogP contribution < -0.4 is 9.80 Å². The van der Waals surface area contributed by atoms with Crippen LogP contribution in [0.4, 0.5) is 34.1 Å². The molecule has 0 fully saturated rings. The molecule has 8 aromatic carbocycles. The lowest BCUT2D eigenvalue weighted by atomic mass is 10.0. The van der Waals surface area contributed by atoms with Gasteiger partial charge < -0.3 is 14.2 Å². The first-order valence-electron chi connectivity index (χ1n) is 17.0. The second kappa shape index (κ2) is 12.5. The summed E-state index contributed by atoms with van der Waals surface area (Å²) in [6, 6.07) is 60.5. The molecule has 1 heterocycles. The van der Waals surface area contributed by atoms with Crippen molar-refractivity contribution in [2.24, 2.45) is 0 Å². The maximum Gasteiger partial charge on any atom is 0.136 e. The van der Waals surface area contributed by atoms with E-state index in [9.17, 15) is 0 Å². The molecular formula is C46H34N2OS. The Bertz CT molecular complexity index is 2630. The van der Waals surface area contributed by atoms with E-state index < -0.39 is 0 Å². The lowest BCUT2D eigenvalue weighted by Crippen LogP contribution is -2.09. The molecule has 0 unspecified atom stereocenters. The maximum atomic E-state index is 6.61. The first kappa shape index (κ1) is 30.1. The normalized spacial score (nSPS) is 11.5. The van der Waals surface area contributed by atoms with E-state index >= 15 is 0 Å². The number of aryl methyl sites for hydroxylation is 1. The van der Waals surface area contributed by atoms with Crippen LogP contribution in [0.5, 0.6) is 0 Å². The van der Waals surface area contributed by atoms with Crippen LogP contribution in [0.25, 0.3) is 43.5 Å². The highest BCUT2D eigenvalue weighted by atomic mass is 32.1. The van der Waals surface area contributed by atoms with Gasteiger partial charge >= 0.3 is 0 Å². The van der Waals surface area contributed by atoms with Crippen LogP contribution in [0.1, 0.15) is 12.5 Å². The maximum absolute atomic E-state index is 6.61. The third-order valence-corrected chi connectivity index (χ3v) is 9.91. The van der Waals surface area contributed by atoms with E-state index in [-0.39, 0.29) is 0 Å². The standard InChI is InChI=1S/C46H34N2OS/c1-2-31-13-17-38(18-14-31)47(36-9-5-3-6-10-36)40-19-15-32-27-43-44-28-33-16-20-41(26-35(33)30-46(44)49-45(43)29-34(32)25-40)48(37-11-7-4-8-12-37)39-21-23-42(50)24-22-39/h3-30,50H,2H2,1H3. The summed E-state index contributed by atoms with van der Waals surface area (Å²) in [5, 5.41) is 6.86. The smallest absolute Gasteiger partial charge is 0.136 e. The van der Waals surface area contributed by atoms with Crippen LogP contribution in [-0.2, 0) is 6.42 Å². The van der Waals surface area contributed by atoms with Crippen molar-refractivity contribution in [2.75, 3.05) is 9.80 Å². The molecule has 0 aliphatic rings. The monoisotopic (exact) mass is 662 g/mol. The minimum absolute atomic E-state index is 0.882. The summed E-state index contributed by atoms with van der Waals surface area (Å²) in [5.41, 5.74) is 9.71. The Kier molecular flexibility index (Phi) is 7.52. The highest BCUT2D eigenvalue weighted by Crippen LogP contribution is 2.41. The Morgan fingerprint density at radius 2 is 0.840 bits per heavy atom. The number of benzene rings is 8. The zero-order valence-electron chi connectivity index (χ0n) is 27.6. The molecule has 0 saturated heterocycles. The highest BCUT2D eigenvalue weighted by molar-refractivity contribution is 7.80. The fraction of sp³-hybridized carbons (Fsp3) is 0.0435. The molecule has 9 aromatic rings. The van der Waals surface area contributed by atoms with Crippen LogP contribution in [0.2, 0.25) is 0 Å². The SMILES string of the molecule is CCc1ccc(N(c2ccccc2)c2ccc3cc4c(cc3c2)oc2cc3cc(N(c5ccccc5)c5ccc(S)cc5)ccc3cc24)cc1. The number of hydrogen-bond donors (Lipinski definition) is 1. The molecule has 4 heteroatoms. The summed E-state index contributed by atoms with van der Waals surface area (Å²) in [6.45, 7) is 2.19. The topological polar surface area (TPSA) is 19.6 Å². The second-order valence-electron chi connectivity index (χ2n) is 12.7. The Hall–Kier alpha value is -5.97. The molecule has 0 saturated carbocycles. The zero-order valence-corrected chi connectivity index (χ0v) is 28.5. The van der Waals surface area contributed by atoms with Crippen LogP contribution >= 0.6 is 12.6 Å². The summed E-state index contributed by atoms with van der Waals surface area (Å²) in [4.78, 5) is 5.53. The first-order valence-corrected chi connectivity index (χ1v) is 17.5. The summed E-state index contributed by atoms with van der Waals surface area (Å²) in [7, 11) is 0. The Labute approximate surface area is 297 Å². The van der Waals surface area contributed by atoms with Crippen molar-refractivity contribution in [3.63, 3.8) is 0 Å². The minimum atomic E-state index is 0.882. The lowest BCUT2D eigenvalue weighted by molar-refractivity contribution is 0.670. The largest absolute Gasteiger partial charge is 0.456 e. The molecule has 3 nitrogen and oxygen atoms in total. The number of thiol groups is 1. The number of fused-ring (bicyclic) bond motifs is 5.